The summed E-state index contributed by atoms with van der Waals surface area (Å²) in [6.45, 7) is 0.595. The number of ether oxygens (including phenoxy) is 1. The fraction of sp³-hybridized carbons (Fsp3) is 0.200. The first-order valence-corrected chi connectivity index (χ1v) is 6.44. The number of hydrogen-bond donors (Lipinski definition) is 0. The van der Waals surface area contributed by atoms with Gasteiger partial charge in [-0.2, -0.15) is 0 Å². The van der Waals surface area contributed by atoms with Crippen LogP contribution >= 0.6 is 0 Å². The second-order valence-electron chi connectivity index (χ2n) is 4.67. The SMILES string of the molecule is C=C(CC)COc1ccc2ccccc2c1[B-](F)(F)F.[K+]. The first kappa shape index (κ1) is 18.8. The van der Waals surface area contributed by atoms with E-state index >= 15 is 0 Å². The summed E-state index contributed by atoms with van der Waals surface area (Å²) in [5.41, 5.74) is 0.103. The fourth-order valence-electron chi connectivity index (χ4n) is 2.02. The van der Waals surface area contributed by atoms with Gasteiger partial charge in [-0.15, -0.1) is 0 Å². The van der Waals surface area contributed by atoms with Crippen molar-refractivity contribution < 1.29 is 69.1 Å². The van der Waals surface area contributed by atoms with Crippen LogP contribution in [0.15, 0.2) is 48.6 Å². The van der Waals surface area contributed by atoms with Crippen molar-refractivity contribution in [2.24, 2.45) is 0 Å². The average Bonchev–Trinajstić information content (AvgIpc) is 2.42. The second kappa shape index (κ2) is 7.83. The van der Waals surface area contributed by atoms with E-state index in [4.69, 9.17) is 4.74 Å². The molecule has 0 N–H and O–H groups in total. The van der Waals surface area contributed by atoms with Gasteiger partial charge in [0, 0.05) is 0 Å². The maximum atomic E-state index is 13.3. The van der Waals surface area contributed by atoms with Crippen LogP contribution in [0.4, 0.5) is 12.9 Å². The molecule has 0 unspecified atom stereocenters. The average molecular weight is 318 g/mol. The summed E-state index contributed by atoms with van der Waals surface area (Å²) in [6, 6.07) is 9.48. The number of rotatable bonds is 5. The molecule has 2 rings (SSSR count). The van der Waals surface area contributed by atoms with E-state index in [1.165, 1.54) is 12.1 Å². The zero-order valence-corrected chi connectivity index (χ0v) is 15.3. The molecule has 6 heteroatoms. The normalized spacial score (nSPS) is 11.0. The van der Waals surface area contributed by atoms with Crippen molar-refractivity contribution in [3.8, 4) is 5.75 Å². The molecular formula is C15H15BF3KO. The smallest absolute Gasteiger partial charge is 0.492 e. The predicted molar refractivity (Wildman–Crippen MR) is 77.6 cm³/mol. The minimum absolute atomic E-state index is 0. The van der Waals surface area contributed by atoms with E-state index < -0.39 is 12.4 Å². The Morgan fingerprint density at radius 3 is 2.43 bits per heavy atom. The molecule has 2 aromatic carbocycles. The zero-order chi connectivity index (χ0) is 14.8. The van der Waals surface area contributed by atoms with Crippen LogP contribution < -0.4 is 61.6 Å². The maximum Gasteiger partial charge on any atom is 1.00 e. The summed E-state index contributed by atoms with van der Waals surface area (Å²) in [6.07, 6.45) is 0.681. The minimum atomic E-state index is -5.14. The van der Waals surface area contributed by atoms with Gasteiger partial charge in [0.05, 0.1) is 5.75 Å². The molecule has 0 radical (unpaired) electrons. The molecule has 0 atom stereocenters. The van der Waals surface area contributed by atoms with Crippen LogP contribution in [0, 0.1) is 0 Å². The summed E-state index contributed by atoms with van der Waals surface area (Å²) in [5.74, 6) is -0.120. The van der Waals surface area contributed by atoms with Gasteiger partial charge in [-0.25, -0.2) is 0 Å². The molecule has 0 saturated carbocycles. The van der Waals surface area contributed by atoms with Crippen molar-refractivity contribution >= 4 is 23.2 Å². The topological polar surface area (TPSA) is 9.23 Å². The zero-order valence-electron chi connectivity index (χ0n) is 12.2. The van der Waals surface area contributed by atoms with Gasteiger partial charge < -0.3 is 17.7 Å². The van der Waals surface area contributed by atoms with Gasteiger partial charge in [0.2, 0.25) is 0 Å². The molecular weight excluding hydrogens is 303 g/mol. The van der Waals surface area contributed by atoms with Gasteiger partial charge in [-0.1, -0.05) is 49.3 Å². The third-order valence-electron chi connectivity index (χ3n) is 3.19. The summed E-state index contributed by atoms with van der Waals surface area (Å²) >= 11 is 0. The number of benzene rings is 2. The number of halogens is 3. The van der Waals surface area contributed by atoms with Crippen LogP contribution in [0.25, 0.3) is 10.8 Å². The van der Waals surface area contributed by atoms with E-state index in [9.17, 15) is 12.9 Å². The van der Waals surface area contributed by atoms with Crippen molar-refractivity contribution in [1.82, 2.24) is 0 Å². The van der Waals surface area contributed by atoms with E-state index in [2.05, 4.69) is 6.58 Å². The molecule has 106 valence electrons. The molecule has 1 nitrogen and oxygen atoms in total. The Bertz CT molecular complexity index is 640. The Hall–Kier alpha value is -0.269. The summed E-state index contributed by atoms with van der Waals surface area (Å²) < 4.78 is 45.4. The quantitative estimate of drug-likeness (QED) is 0.595. The van der Waals surface area contributed by atoms with E-state index in [0.717, 1.165) is 5.57 Å². The van der Waals surface area contributed by atoms with Gasteiger partial charge in [0.15, 0.2) is 0 Å². The van der Waals surface area contributed by atoms with Crippen molar-refractivity contribution in [2.45, 2.75) is 13.3 Å². The number of fused-ring (bicyclic) bond motifs is 1. The van der Waals surface area contributed by atoms with E-state index in [1.807, 2.05) is 6.92 Å². The Morgan fingerprint density at radius 1 is 1.14 bits per heavy atom. The molecule has 0 aromatic heterocycles. The molecule has 0 aliphatic rings. The van der Waals surface area contributed by atoms with Gasteiger partial charge in [0.1, 0.15) is 6.61 Å². The molecule has 0 aliphatic carbocycles. The van der Waals surface area contributed by atoms with Crippen LogP contribution in [0.5, 0.6) is 5.75 Å². The second-order valence-corrected chi connectivity index (χ2v) is 4.67. The molecule has 0 aliphatic heterocycles. The molecule has 0 bridgehead atoms. The standard InChI is InChI=1S/C15H15BF3O.K/c1-3-11(2)10-20-14-9-8-12-6-4-5-7-13(12)15(14)16(17,18)19;/h4-9H,2-3,10H2,1H3;/q-1;+1. The van der Waals surface area contributed by atoms with Crippen LogP contribution in [0.2, 0.25) is 0 Å². The van der Waals surface area contributed by atoms with Crippen LogP contribution in [0.1, 0.15) is 13.3 Å². The molecule has 0 fully saturated rings. The first-order chi connectivity index (χ1) is 9.43. The largest absolute Gasteiger partial charge is 1.00 e. The van der Waals surface area contributed by atoms with Crippen molar-refractivity contribution in [1.29, 1.82) is 0 Å². The van der Waals surface area contributed by atoms with E-state index in [0.29, 0.717) is 11.8 Å². The third kappa shape index (κ3) is 4.60. The van der Waals surface area contributed by atoms with Crippen LogP contribution in [-0.2, 0) is 0 Å². The Morgan fingerprint density at radius 2 is 1.81 bits per heavy atom. The van der Waals surface area contributed by atoms with Gasteiger partial charge in [0.25, 0.3) is 0 Å². The van der Waals surface area contributed by atoms with Crippen molar-refractivity contribution in [3.05, 3.63) is 48.6 Å². The van der Waals surface area contributed by atoms with Crippen molar-refractivity contribution in [3.63, 3.8) is 0 Å². The molecule has 21 heavy (non-hydrogen) atoms. The van der Waals surface area contributed by atoms with Gasteiger partial charge in [-0.05, 0) is 28.8 Å². The number of hydrogen-bond acceptors (Lipinski definition) is 1. The molecule has 2 aromatic rings. The van der Waals surface area contributed by atoms with Gasteiger partial charge in [-0.3, -0.25) is 0 Å². The molecule has 0 spiro atoms. The third-order valence-corrected chi connectivity index (χ3v) is 3.19. The molecule has 0 heterocycles. The monoisotopic (exact) mass is 318 g/mol. The summed E-state index contributed by atoms with van der Waals surface area (Å²) in [7, 11) is 0. The maximum absolute atomic E-state index is 13.3. The Balaban J connectivity index is 0.00000220. The van der Waals surface area contributed by atoms with Crippen LogP contribution in [-0.4, -0.2) is 13.6 Å². The van der Waals surface area contributed by atoms with E-state index in [1.54, 1.807) is 24.3 Å². The van der Waals surface area contributed by atoms with Crippen molar-refractivity contribution in [2.75, 3.05) is 6.61 Å². The minimum Gasteiger partial charge on any atom is -0.492 e. The molecule has 0 saturated heterocycles. The fourth-order valence-corrected chi connectivity index (χ4v) is 2.02. The summed E-state index contributed by atoms with van der Waals surface area (Å²) in [4.78, 5) is 0. The van der Waals surface area contributed by atoms with E-state index in [-0.39, 0.29) is 69.1 Å². The van der Waals surface area contributed by atoms with Gasteiger partial charge >= 0.3 is 58.4 Å². The Kier molecular flexibility index (Phi) is 7.00. The molecule has 0 amide bonds. The Labute approximate surface area is 165 Å². The van der Waals surface area contributed by atoms with Crippen LogP contribution in [0.3, 0.4) is 0 Å². The summed E-state index contributed by atoms with van der Waals surface area (Å²) in [5, 5.41) is 0.739. The predicted octanol–water partition coefficient (Wildman–Crippen LogP) is 1.24. The first-order valence-electron chi connectivity index (χ1n) is 6.44.